The number of carbonyl (C=O) groups excluding carboxylic acids is 3. The predicted molar refractivity (Wildman–Crippen MR) is 60.1 cm³/mol. The predicted octanol–water partition coefficient (Wildman–Crippen LogP) is -9.11. The Bertz CT molecular complexity index is 261. The number of hydrogen-bond donors (Lipinski definition) is 6. The number of aliphatic carboxylic acids is 3. The number of carboxylic acids is 3. The summed E-state index contributed by atoms with van der Waals surface area (Å²) in [6, 6.07) is 0. The van der Waals surface area contributed by atoms with Crippen LogP contribution >= 0.6 is 0 Å². The van der Waals surface area contributed by atoms with Gasteiger partial charge in [0.2, 0.25) is 0 Å². The second-order valence-corrected chi connectivity index (χ2v) is 3.05. The molecule has 12 nitrogen and oxygen atoms in total. The summed E-state index contributed by atoms with van der Waals surface area (Å²) < 4.78 is 0. The van der Waals surface area contributed by atoms with Gasteiger partial charge in [0.25, 0.3) is 0 Å². The Hall–Kier alpha value is -0.947. The Labute approximate surface area is 143 Å². The molecule has 2 radical (unpaired) electrons. The van der Waals surface area contributed by atoms with Crippen molar-refractivity contribution in [1.29, 1.82) is 0 Å². The summed E-state index contributed by atoms with van der Waals surface area (Å²) in [5.74, 6) is -4.95. The van der Waals surface area contributed by atoms with E-state index in [-0.39, 0.29) is 26.2 Å². The Balaban J connectivity index is -0.000000108. The average molecular weight is 524 g/mol. The molecule has 3 unspecified atom stereocenters. The number of carboxylic acid groups (broad SMARTS) is 3. The van der Waals surface area contributed by atoms with E-state index >= 15 is 0 Å². The molecule has 0 aliphatic rings. The van der Waals surface area contributed by atoms with Gasteiger partial charge < -0.3 is 60.3 Å². The number of aliphatic hydroxyl groups is 6. The van der Waals surface area contributed by atoms with Gasteiger partial charge in [-0.3, -0.25) is 0 Å². The third kappa shape index (κ3) is 21.4. The van der Waals surface area contributed by atoms with Crippen LogP contribution in [0.3, 0.4) is 0 Å². The van der Waals surface area contributed by atoms with Gasteiger partial charge in [0, 0.05) is 0 Å². The van der Waals surface area contributed by atoms with Crippen LogP contribution in [0.5, 0.6) is 0 Å². The fourth-order valence-corrected chi connectivity index (χ4v) is 0.224. The van der Waals surface area contributed by atoms with Crippen LogP contribution in [-0.2, 0) is 14.4 Å². The molecule has 128 valence electrons. The zero-order valence-corrected chi connectivity index (χ0v) is 14.4. The molecular weight excluding hydrogens is 509 g/mol. The first-order chi connectivity index (χ1) is 9.54. The van der Waals surface area contributed by atoms with Gasteiger partial charge in [-0.05, 0) is 0 Å². The molecule has 22 heavy (non-hydrogen) atoms. The summed E-state index contributed by atoms with van der Waals surface area (Å²) >= 11 is 0. The minimum absolute atomic E-state index is 0. The molecule has 0 heterocycles. The van der Waals surface area contributed by atoms with Crippen molar-refractivity contribution in [2.75, 3.05) is 19.8 Å². The van der Waals surface area contributed by atoms with Crippen LogP contribution in [0.2, 0.25) is 0 Å². The van der Waals surface area contributed by atoms with Crippen molar-refractivity contribution in [3.05, 3.63) is 0 Å². The monoisotopic (exact) mass is 524 g/mol. The van der Waals surface area contributed by atoms with E-state index in [0.29, 0.717) is 0 Å². The van der Waals surface area contributed by atoms with E-state index in [1.165, 1.54) is 0 Å². The molecule has 0 saturated carbocycles. The molecule has 0 aromatic carbocycles. The Kier molecular flexibility index (Phi) is 24.0. The van der Waals surface area contributed by atoms with Crippen molar-refractivity contribution in [3.63, 3.8) is 0 Å². The van der Waals surface area contributed by atoms with E-state index in [9.17, 15) is 29.7 Å². The molecule has 0 bridgehead atoms. The zero-order chi connectivity index (χ0) is 17.6. The van der Waals surface area contributed by atoms with Crippen LogP contribution in [0.15, 0.2) is 0 Å². The molecule has 0 saturated heterocycles. The first-order valence-electron chi connectivity index (χ1n) is 5.04. The summed E-state index contributed by atoms with van der Waals surface area (Å²) in [6.45, 7) is -2.37. The quantitative estimate of drug-likeness (QED) is 0.178. The summed E-state index contributed by atoms with van der Waals surface area (Å²) in [5, 5.41) is 75.8. The number of hydrogen-bond acceptors (Lipinski definition) is 12. The molecule has 6 N–H and O–H groups in total. The first-order valence-corrected chi connectivity index (χ1v) is 5.04. The largest absolute Gasteiger partial charge is 3.00 e. The molecule has 0 fully saturated rings. The Morgan fingerprint density at radius 3 is 0.773 bits per heavy atom. The van der Waals surface area contributed by atoms with Crippen molar-refractivity contribution in [2.24, 2.45) is 0 Å². The third-order valence-corrected chi connectivity index (χ3v) is 1.34. The maximum absolute atomic E-state index is 9.41. The number of rotatable bonds is 6. The normalized spacial score (nSPS) is 12.8. The molecule has 0 aromatic rings. The fourth-order valence-electron chi connectivity index (χ4n) is 0.224. The summed E-state index contributed by atoms with van der Waals surface area (Å²) in [4.78, 5) is 28.2. The van der Waals surface area contributed by atoms with Crippen LogP contribution in [0.1, 0.15) is 0 Å². The van der Waals surface area contributed by atoms with E-state index in [0.717, 1.165) is 0 Å². The second kappa shape index (κ2) is 18.1. The van der Waals surface area contributed by atoms with Gasteiger partial charge in [-0.25, -0.2) is 0 Å². The molecular formula is C9H15BiO12. The van der Waals surface area contributed by atoms with Gasteiger partial charge in [-0.2, -0.15) is 0 Å². The van der Waals surface area contributed by atoms with Crippen molar-refractivity contribution in [2.45, 2.75) is 18.3 Å². The van der Waals surface area contributed by atoms with Gasteiger partial charge in [-0.15, -0.1) is 0 Å². The molecule has 0 aliphatic heterocycles. The standard InChI is InChI=1S/3C3H6O4.Bi/c3*4-1-2(5)3(6)7;/h3*2,4-5H,1H2,(H,6,7);/q;;;+3/p-3. The Morgan fingerprint density at radius 2 is 0.773 bits per heavy atom. The van der Waals surface area contributed by atoms with Gasteiger partial charge in [0.1, 0.15) is 18.3 Å². The fraction of sp³-hybridized carbons (Fsp3) is 0.667. The van der Waals surface area contributed by atoms with Crippen LogP contribution in [0.25, 0.3) is 0 Å². The topological polar surface area (TPSA) is 242 Å². The van der Waals surface area contributed by atoms with Gasteiger partial charge >= 0.3 is 26.2 Å². The van der Waals surface area contributed by atoms with Crippen molar-refractivity contribution in [3.8, 4) is 0 Å². The average Bonchev–Trinajstić information content (AvgIpc) is 2.45. The SMILES string of the molecule is O=C([O-])C(O)CO.O=C([O-])C(O)CO.O=C([O-])C(O)CO.[Bi+3]. The molecule has 13 heteroatoms. The van der Waals surface area contributed by atoms with Crippen LogP contribution < -0.4 is 15.3 Å². The van der Waals surface area contributed by atoms with Crippen LogP contribution in [-0.4, -0.2) is 113 Å². The van der Waals surface area contributed by atoms with E-state index in [2.05, 4.69) is 0 Å². The molecule has 0 spiro atoms. The van der Waals surface area contributed by atoms with Crippen LogP contribution in [0, 0.1) is 0 Å². The van der Waals surface area contributed by atoms with E-state index in [4.69, 9.17) is 30.6 Å². The smallest absolute Gasteiger partial charge is 0.547 e. The molecule has 0 rings (SSSR count). The minimum atomic E-state index is -1.74. The summed E-state index contributed by atoms with van der Waals surface area (Å²) in [6.07, 6.45) is -5.21. The second-order valence-electron chi connectivity index (χ2n) is 3.05. The molecule has 0 aromatic heterocycles. The molecule has 0 amide bonds. The number of carbonyl (C=O) groups is 3. The first kappa shape index (κ1) is 29.1. The summed E-state index contributed by atoms with van der Waals surface area (Å²) in [5.41, 5.74) is 0. The van der Waals surface area contributed by atoms with E-state index in [1.807, 2.05) is 0 Å². The van der Waals surface area contributed by atoms with Crippen molar-refractivity contribution < 1.29 is 60.3 Å². The Morgan fingerprint density at radius 1 is 0.636 bits per heavy atom. The third-order valence-electron chi connectivity index (χ3n) is 1.34. The van der Waals surface area contributed by atoms with Crippen molar-refractivity contribution >= 4 is 44.1 Å². The zero-order valence-electron chi connectivity index (χ0n) is 10.9. The van der Waals surface area contributed by atoms with Crippen LogP contribution in [0.4, 0.5) is 0 Å². The molecule has 3 atom stereocenters. The van der Waals surface area contributed by atoms with Crippen molar-refractivity contribution in [1.82, 2.24) is 0 Å². The minimum Gasteiger partial charge on any atom is -0.547 e. The summed E-state index contributed by atoms with van der Waals surface area (Å²) in [7, 11) is 0. The van der Waals surface area contributed by atoms with Gasteiger partial charge in [0.05, 0.1) is 37.7 Å². The van der Waals surface area contributed by atoms with Gasteiger partial charge in [0.15, 0.2) is 0 Å². The van der Waals surface area contributed by atoms with Gasteiger partial charge in [-0.1, -0.05) is 0 Å². The maximum Gasteiger partial charge on any atom is 3.00 e. The van der Waals surface area contributed by atoms with E-state index in [1.54, 1.807) is 0 Å². The number of aliphatic hydroxyl groups excluding tert-OH is 6. The molecule has 0 aliphatic carbocycles. The van der Waals surface area contributed by atoms with E-state index < -0.39 is 56.0 Å². The maximum atomic E-state index is 9.41.